The molecule has 0 aliphatic rings. The second-order valence-electron chi connectivity index (χ2n) is 3.86. The lowest BCUT2D eigenvalue weighted by atomic mass is 10.1. The first-order chi connectivity index (χ1) is 9.16. The number of para-hydroxylation sites is 1. The molecule has 0 bridgehead atoms. The largest absolute Gasteiger partial charge is 0.478 e. The number of thiazole rings is 1. The van der Waals surface area contributed by atoms with Crippen LogP contribution in [0.5, 0.6) is 0 Å². The number of aromatic nitrogens is 2. The van der Waals surface area contributed by atoms with E-state index in [1.54, 1.807) is 17.8 Å². The van der Waals surface area contributed by atoms with Crippen LogP contribution in [0, 0.1) is 5.82 Å². The van der Waals surface area contributed by atoms with Gasteiger partial charge in [-0.3, -0.25) is 4.98 Å². The zero-order valence-corrected chi connectivity index (χ0v) is 10.3. The Kier molecular flexibility index (Phi) is 2.72. The predicted octanol–water partition coefficient (Wildman–Crippen LogP) is 3.20. The van der Waals surface area contributed by atoms with E-state index in [-0.39, 0.29) is 11.1 Å². The van der Waals surface area contributed by atoms with Gasteiger partial charge in [0, 0.05) is 11.6 Å². The molecule has 3 rings (SSSR count). The Hall–Kier alpha value is -2.34. The van der Waals surface area contributed by atoms with Gasteiger partial charge in [0.2, 0.25) is 0 Å². The van der Waals surface area contributed by atoms with Gasteiger partial charge in [-0.1, -0.05) is 12.1 Å². The molecule has 2 heterocycles. The Bertz CT molecular complexity index is 772. The summed E-state index contributed by atoms with van der Waals surface area (Å²) in [4.78, 5) is 20.1. The van der Waals surface area contributed by atoms with E-state index in [0.29, 0.717) is 16.0 Å². The van der Waals surface area contributed by atoms with Crippen LogP contribution in [0.4, 0.5) is 4.39 Å². The molecule has 1 aromatic carbocycles. The molecule has 0 fully saturated rings. The molecular weight excluding hydrogens is 267 g/mol. The van der Waals surface area contributed by atoms with Gasteiger partial charge < -0.3 is 5.11 Å². The molecule has 0 aliphatic heterocycles. The number of nitrogens with zero attached hydrogens (tertiary/aromatic N) is 2. The number of hydrogen-bond acceptors (Lipinski definition) is 4. The lowest BCUT2D eigenvalue weighted by molar-refractivity contribution is 0.0699. The normalized spacial score (nSPS) is 10.8. The van der Waals surface area contributed by atoms with Crippen LogP contribution in [0.1, 0.15) is 10.4 Å². The maximum absolute atomic E-state index is 13.8. The van der Waals surface area contributed by atoms with Crippen molar-refractivity contribution in [1.29, 1.82) is 0 Å². The van der Waals surface area contributed by atoms with Gasteiger partial charge >= 0.3 is 5.97 Å². The van der Waals surface area contributed by atoms with Gasteiger partial charge in [0.15, 0.2) is 0 Å². The highest BCUT2D eigenvalue weighted by Crippen LogP contribution is 2.28. The van der Waals surface area contributed by atoms with Crippen molar-refractivity contribution in [3.8, 4) is 10.6 Å². The summed E-state index contributed by atoms with van der Waals surface area (Å²) < 4.78 is 13.8. The summed E-state index contributed by atoms with van der Waals surface area (Å²) in [6.07, 6.45) is 1.57. The van der Waals surface area contributed by atoms with Crippen LogP contribution >= 0.6 is 11.3 Å². The molecular formula is C13H7FN2O2S. The van der Waals surface area contributed by atoms with Crippen molar-refractivity contribution in [2.45, 2.75) is 0 Å². The first-order valence-electron chi connectivity index (χ1n) is 5.38. The van der Waals surface area contributed by atoms with E-state index < -0.39 is 11.8 Å². The Balaban J connectivity index is 2.38. The maximum Gasteiger partial charge on any atom is 0.336 e. The Labute approximate surface area is 111 Å². The summed E-state index contributed by atoms with van der Waals surface area (Å²) in [5, 5.41) is 9.53. The van der Waals surface area contributed by atoms with E-state index in [9.17, 15) is 14.3 Å². The molecule has 4 nitrogen and oxygen atoms in total. The van der Waals surface area contributed by atoms with Gasteiger partial charge in [0.1, 0.15) is 11.3 Å². The minimum absolute atomic E-state index is 0.0351. The Morgan fingerprint density at radius 3 is 2.89 bits per heavy atom. The van der Waals surface area contributed by atoms with Crippen molar-refractivity contribution in [2.75, 3.05) is 0 Å². The minimum Gasteiger partial charge on any atom is -0.478 e. The first-order valence-corrected chi connectivity index (χ1v) is 6.26. The van der Waals surface area contributed by atoms with E-state index in [1.165, 1.54) is 29.5 Å². The smallest absolute Gasteiger partial charge is 0.336 e. The number of carbonyl (C=O) groups is 1. The molecule has 0 saturated heterocycles. The molecule has 1 N–H and O–H groups in total. The Morgan fingerprint density at radius 2 is 2.21 bits per heavy atom. The molecule has 3 aromatic rings. The highest BCUT2D eigenvalue weighted by molar-refractivity contribution is 7.13. The zero-order valence-electron chi connectivity index (χ0n) is 9.50. The minimum atomic E-state index is -1.11. The van der Waals surface area contributed by atoms with E-state index in [1.807, 2.05) is 0 Å². The van der Waals surface area contributed by atoms with Gasteiger partial charge in [-0.2, -0.15) is 0 Å². The van der Waals surface area contributed by atoms with Gasteiger partial charge in [-0.25, -0.2) is 14.2 Å². The predicted molar refractivity (Wildman–Crippen MR) is 69.8 cm³/mol. The van der Waals surface area contributed by atoms with Gasteiger partial charge in [0.25, 0.3) is 0 Å². The quantitative estimate of drug-likeness (QED) is 0.779. The molecule has 0 saturated carbocycles. The summed E-state index contributed by atoms with van der Waals surface area (Å²) in [5.41, 5.74) is 2.12. The van der Waals surface area contributed by atoms with Crippen molar-refractivity contribution >= 4 is 28.2 Å². The summed E-state index contributed by atoms with van der Waals surface area (Å²) in [6, 6.07) is 5.72. The molecule has 0 radical (unpaired) electrons. The zero-order chi connectivity index (χ0) is 13.4. The summed E-state index contributed by atoms with van der Waals surface area (Å²) in [7, 11) is 0. The summed E-state index contributed by atoms with van der Waals surface area (Å²) >= 11 is 1.32. The number of rotatable bonds is 2. The third-order valence-corrected chi connectivity index (χ3v) is 3.50. The molecule has 0 atom stereocenters. The number of halogens is 1. The fourth-order valence-corrected chi connectivity index (χ4v) is 2.44. The molecule has 0 spiro atoms. The van der Waals surface area contributed by atoms with Crippen LogP contribution < -0.4 is 0 Å². The number of hydrogen-bond donors (Lipinski definition) is 1. The fraction of sp³-hybridized carbons (Fsp3) is 0. The lowest BCUT2D eigenvalue weighted by Crippen LogP contribution is -2.01. The van der Waals surface area contributed by atoms with Crippen LogP contribution in [0.15, 0.2) is 36.0 Å². The van der Waals surface area contributed by atoms with E-state index in [0.717, 1.165) is 0 Å². The number of fused-ring (bicyclic) bond motifs is 1. The van der Waals surface area contributed by atoms with Crippen LogP contribution in [0.25, 0.3) is 21.5 Å². The second-order valence-corrected chi connectivity index (χ2v) is 4.75. The SMILES string of the molecule is O=C(O)c1cc(-c2cncs2)nc2c(F)cccc12. The number of aromatic carboxylic acids is 1. The monoisotopic (exact) mass is 274 g/mol. The Morgan fingerprint density at radius 1 is 1.37 bits per heavy atom. The van der Waals surface area contributed by atoms with Gasteiger partial charge in [0.05, 0.1) is 21.6 Å². The molecule has 0 unspecified atom stereocenters. The standard InChI is InChI=1S/C13H7FN2O2S/c14-9-3-1-2-7-8(13(17)18)4-10(16-12(7)9)11-5-15-6-19-11/h1-6H,(H,17,18). The molecule has 0 amide bonds. The molecule has 19 heavy (non-hydrogen) atoms. The fourth-order valence-electron chi connectivity index (χ4n) is 1.86. The van der Waals surface area contributed by atoms with Crippen LogP contribution in [-0.2, 0) is 0 Å². The van der Waals surface area contributed by atoms with E-state index in [4.69, 9.17) is 0 Å². The topological polar surface area (TPSA) is 63.1 Å². The van der Waals surface area contributed by atoms with Crippen LogP contribution in [-0.4, -0.2) is 21.0 Å². The first kappa shape index (κ1) is 11.7. The molecule has 2 aromatic heterocycles. The maximum atomic E-state index is 13.8. The van der Waals surface area contributed by atoms with Gasteiger partial charge in [-0.05, 0) is 12.1 Å². The molecule has 0 aliphatic carbocycles. The van der Waals surface area contributed by atoms with Crippen molar-refractivity contribution in [2.24, 2.45) is 0 Å². The van der Waals surface area contributed by atoms with Crippen LogP contribution in [0.2, 0.25) is 0 Å². The van der Waals surface area contributed by atoms with Crippen molar-refractivity contribution < 1.29 is 14.3 Å². The highest BCUT2D eigenvalue weighted by atomic mass is 32.1. The summed E-state index contributed by atoms with van der Waals surface area (Å²) in [6.45, 7) is 0. The number of carboxylic acid groups (broad SMARTS) is 1. The van der Waals surface area contributed by atoms with Gasteiger partial charge in [-0.15, -0.1) is 11.3 Å². The van der Waals surface area contributed by atoms with Crippen molar-refractivity contribution in [3.63, 3.8) is 0 Å². The van der Waals surface area contributed by atoms with E-state index in [2.05, 4.69) is 9.97 Å². The lowest BCUT2D eigenvalue weighted by Gasteiger charge is -2.05. The molecule has 94 valence electrons. The average Bonchev–Trinajstić information content (AvgIpc) is 2.92. The summed E-state index contributed by atoms with van der Waals surface area (Å²) in [5.74, 6) is -1.64. The number of benzene rings is 1. The third kappa shape index (κ3) is 1.96. The average molecular weight is 274 g/mol. The highest BCUT2D eigenvalue weighted by Gasteiger charge is 2.15. The van der Waals surface area contributed by atoms with Crippen molar-refractivity contribution in [3.05, 3.63) is 47.4 Å². The molecule has 6 heteroatoms. The van der Waals surface area contributed by atoms with E-state index >= 15 is 0 Å². The third-order valence-electron chi connectivity index (χ3n) is 2.71. The van der Waals surface area contributed by atoms with Crippen LogP contribution in [0.3, 0.4) is 0 Å². The van der Waals surface area contributed by atoms with Crippen molar-refractivity contribution in [1.82, 2.24) is 9.97 Å². The second kappa shape index (κ2) is 4.40. The number of carboxylic acids is 1. The number of pyridine rings is 1.